The molecule has 9 heteroatoms. The van der Waals surface area contributed by atoms with Crippen LogP contribution in [-0.2, 0) is 17.4 Å². The van der Waals surface area contributed by atoms with Gasteiger partial charge in [0.2, 0.25) is 0 Å². The van der Waals surface area contributed by atoms with Crippen molar-refractivity contribution in [3.63, 3.8) is 0 Å². The van der Waals surface area contributed by atoms with E-state index in [-0.39, 0.29) is 0 Å². The zero-order valence-corrected chi connectivity index (χ0v) is 19.8. The smallest absolute Gasteiger partial charge is 0.416 e. The second kappa shape index (κ2) is 8.60. The molecular formula is C25H29F3N4O2. The van der Waals surface area contributed by atoms with Crippen LogP contribution in [0.4, 0.5) is 19.0 Å². The van der Waals surface area contributed by atoms with E-state index in [0.717, 1.165) is 42.0 Å². The van der Waals surface area contributed by atoms with E-state index in [2.05, 4.69) is 18.7 Å². The first-order chi connectivity index (χ1) is 15.9. The molecule has 6 nitrogen and oxygen atoms in total. The van der Waals surface area contributed by atoms with Crippen molar-refractivity contribution < 1.29 is 23.1 Å². The van der Waals surface area contributed by atoms with E-state index in [9.17, 15) is 23.1 Å². The van der Waals surface area contributed by atoms with Gasteiger partial charge in [-0.15, -0.1) is 0 Å². The highest BCUT2D eigenvalue weighted by Gasteiger charge is 2.39. The Morgan fingerprint density at radius 1 is 1.24 bits per heavy atom. The van der Waals surface area contributed by atoms with Gasteiger partial charge >= 0.3 is 12.1 Å². The van der Waals surface area contributed by atoms with E-state index in [1.807, 2.05) is 6.92 Å². The molecule has 1 unspecified atom stereocenters. The fraction of sp³-hybridized carbons (Fsp3) is 0.480. The van der Waals surface area contributed by atoms with Crippen LogP contribution in [0.5, 0.6) is 0 Å². The van der Waals surface area contributed by atoms with Crippen LogP contribution in [0.25, 0.3) is 16.9 Å². The predicted molar refractivity (Wildman–Crippen MR) is 124 cm³/mol. The lowest BCUT2D eigenvalue weighted by atomic mass is 9.82. The van der Waals surface area contributed by atoms with Gasteiger partial charge < -0.3 is 10.0 Å². The molecule has 3 heterocycles. The van der Waals surface area contributed by atoms with Gasteiger partial charge in [0.05, 0.1) is 16.7 Å². The molecule has 182 valence electrons. The molecule has 34 heavy (non-hydrogen) atoms. The summed E-state index contributed by atoms with van der Waals surface area (Å²) in [6.07, 6.45) is -2.32. The summed E-state index contributed by atoms with van der Waals surface area (Å²) in [5.74, 6) is 0.342. The molecule has 0 aliphatic carbocycles. The van der Waals surface area contributed by atoms with E-state index in [1.54, 1.807) is 17.5 Å². The number of halogens is 3. The van der Waals surface area contributed by atoms with E-state index in [1.165, 1.54) is 12.1 Å². The number of benzene rings is 1. The number of nitrogens with zero attached hydrogens (tertiary/aromatic N) is 4. The molecule has 4 rings (SSSR count). The maximum absolute atomic E-state index is 13.0. The number of carbonyl (C=O) groups is 1. The highest BCUT2D eigenvalue weighted by molar-refractivity contribution is 5.76. The lowest BCUT2D eigenvalue weighted by molar-refractivity contribution is -0.148. The van der Waals surface area contributed by atoms with Gasteiger partial charge in [-0.05, 0) is 51.2 Å². The number of aromatic nitrogens is 3. The summed E-state index contributed by atoms with van der Waals surface area (Å²) >= 11 is 0. The third kappa shape index (κ3) is 4.48. The Kier molecular flexibility index (Phi) is 6.08. The minimum absolute atomic E-state index is 0.345. The first-order valence-electron chi connectivity index (χ1n) is 11.4. The third-order valence-corrected chi connectivity index (χ3v) is 6.51. The lowest BCUT2D eigenvalue weighted by Crippen LogP contribution is -2.47. The first-order valence-corrected chi connectivity index (χ1v) is 11.4. The highest BCUT2D eigenvalue weighted by Crippen LogP contribution is 2.37. The van der Waals surface area contributed by atoms with Crippen LogP contribution in [0.3, 0.4) is 0 Å². The summed E-state index contributed by atoms with van der Waals surface area (Å²) in [5.41, 5.74) is 1.92. The number of carboxylic acid groups (broad SMARTS) is 1. The van der Waals surface area contributed by atoms with Crippen molar-refractivity contribution in [1.82, 2.24) is 14.6 Å². The van der Waals surface area contributed by atoms with E-state index in [0.29, 0.717) is 42.3 Å². The Labute approximate surface area is 196 Å². The standard InChI is InChI=1S/C25H29F3N4O2/c1-15(2)12-19-16(3)29-21-13-20(17-6-8-18(9-7-17)25(26,27)28)30-32(21)22(19)31-11-5-10-24(4,14-31)23(33)34/h6-9,13,15H,5,10-12,14H2,1-4H3,(H,33,34). The molecule has 0 radical (unpaired) electrons. The molecule has 1 aliphatic heterocycles. The van der Waals surface area contributed by atoms with Crippen LogP contribution in [-0.4, -0.2) is 38.8 Å². The molecule has 1 aromatic carbocycles. The van der Waals surface area contributed by atoms with Gasteiger partial charge in [0.1, 0.15) is 5.82 Å². The molecule has 1 saturated heterocycles. The van der Waals surface area contributed by atoms with Gasteiger partial charge in [-0.25, -0.2) is 4.98 Å². The summed E-state index contributed by atoms with van der Waals surface area (Å²) in [5, 5.41) is 14.6. The molecular weight excluding hydrogens is 445 g/mol. The van der Waals surface area contributed by atoms with Crippen LogP contribution in [0.1, 0.15) is 50.4 Å². The Hall–Kier alpha value is -3.10. The largest absolute Gasteiger partial charge is 0.481 e. The average molecular weight is 475 g/mol. The molecule has 0 saturated carbocycles. The van der Waals surface area contributed by atoms with E-state index < -0.39 is 23.1 Å². The number of aryl methyl sites for hydroxylation is 1. The van der Waals surface area contributed by atoms with Crippen LogP contribution < -0.4 is 4.90 Å². The Morgan fingerprint density at radius 3 is 2.50 bits per heavy atom. The molecule has 1 aliphatic rings. The molecule has 3 aromatic rings. The van der Waals surface area contributed by atoms with Gasteiger partial charge in [-0.1, -0.05) is 26.0 Å². The third-order valence-electron chi connectivity index (χ3n) is 6.51. The van der Waals surface area contributed by atoms with Crippen LogP contribution in [0, 0.1) is 18.3 Å². The minimum atomic E-state index is -4.40. The monoisotopic (exact) mass is 474 g/mol. The number of rotatable bonds is 5. The van der Waals surface area contributed by atoms with Crippen molar-refractivity contribution in [3.05, 3.63) is 47.2 Å². The molecule has 0 spiro atoms. The fourth-order valence-corrected chi connectivity index (χ4v) is 4.67. The summed E-state index contributed by atoms with van der Waals surface area (Å²) in [4.78, 5) is 18.8. The Bertz CT molecular complexity index is 1220. The van der Waals surface area contributed by atoms with Crippen LogP contribution in [0.2, 0.25) is 0 Å². The number of carboxylic acids is 1. The quantitative estimate of drug-likeness (QED) is 0.520. The number of fused-ring (bicyclic) bond motifs is 1. The molecule has 1 fully saturated rings. The van der Waals surface area contributed by atoms with Gasteiger partial charge in [0.25, 0.3) is 0 Å². The van der Waals surface area contributed by atoms with Crippen molar-refractivity contribution in [2.45, 2.75) is 53.1 Å². The second-order valence-electron chi connectivity index (χ2n) is 9.86. The summed E-state index contributed by atoms with van der Waals surface area (Å²) in [6, 6.07) is 6.68. The van der Waals surface area contributed by atoms with Gasteiger partial charge in [-0.3, -0.25) is 4.79 Å². The number of hydrogen-bond acceptors (Lipinski definition) is 4. The van der Waals surface area contributed by atoms with Gasteiger partial charge in [-0.2, -0.15) is 22.8 Å². The fourth-order valence-electron chi connectivity index (χ4n) is 4.67. The molecule has 2 aromatic heterocycles. The number of alkyl halides is 3. The Balaban J connectivity index is 1.85. The zero-order chi connectivity index (χ0) is 24.8. The second-order valence-corrected chi connectivity index (χ2v) is 9.86. The van der Waals surface area contributed by atoms with Crippen molar-refractivity contribution in [1.29, 1.82) is 0 Å². The molecule has 0 bridgehead atoms. The number of piperidine rings is 1. The summed E-state index contributed by atoms with van der Waals surface area (Å²) in [7, 11) is 0. The van der Waals surface area contributed by atoms with E-state index in [4.69, 9.17) is 10.1 Å². The maximum Gasteiger partial charge on any atom is 0.416 e. The SMILES string of the molecule is Cc1nc2cc(-c3ccc(C(F)(F)F)cc3)nn2c(N2CCCC(C)(C(=O)O)C2)c1CC(C)C. The Morgan fingerprint density at radius 2 is 1.91 bits per heavy atom. The molecule has 1 atom stereocenters. The lowest BCUT2D eigenvalue weighted by Gasteiger charge is -2.39. The summed E-state index contributed by atoms with van der Waals surface area (Å²) in [6.45, 7) is 8.98. The highest BCUT2D eigenvalue weighted by atomic mass is 19.4. The van der Waals surface area contributed by atoms with Gasteiger partial charge in [0, 0.05) is 36.0 Å². The van der Waals surface area contributed by atoms with Crippen molar-refractivity contribution in [2.75, 3.05) is 18.0 Å². The normalized spacial score (nSPS) is 19.2. The van der Waals surface area contributed by atoms with Crippen molar-refractivity contribution in [2.24, 2.45) is 11.3 Å². The number of hydrogen-bond donors (Lipinski definition) is 1. The number of anilines is 1. The molecule has 1 N–H and O–H groups in total. The van der Waals surface area contributed by atoms with Crippen molar-refractivity contribution >= 4 is 17.4 Å². The predicted octanol–water partition coefficient (Wildman–Crippen LogP) is 5.61. The average Bonchev–Trinajstić information content (AvgIpc) is 3.16. The minimum Gasteiger partial charge on any atom is -0.481 e. The zero-order valence-electron chi connectivity index (χ0n) is 19.8. The first kappa shape index (κ1) is 24.0. The van der Waals surface area contributed by atoms with Crippen LogP contribution >= 0.6 is 0 Å². The number of aliphatic carboxylic acids is 1. The maximum atomic E-state index is 13.0. The van der Waals surface area contributed by atoms with E-state index >= 15 is 0 Å². The summed E-state index contributed by atoms with van der Waals surface area (Å²) < 4.78 is 40.7. The van der Waals surface area contributed by atoms with Crippen molar-refractivity contribution in [3.8, 4) is 11.3 Å². The van der Waals surface area contributed by atoms with Gasteiger partial charge in [0.15, 0.2) is 5.65 Å². The van der Waals surface area contributed by atoms with Crippen LogP contribution in [0.15, 0.2) is 30.3 Å². The molecule has 0 amide bonds. The topological polar surface area (TPSA) is 70.7 Å².